The largest absolute Gasteiger partial charge is 0.382 e. The third-order valence-electron chi connectivity index (χ3n) is 5.14. The van der Waals surface area contributed by atoms with E-state index in [1.54, 1.807) is 7.11 Å². The molecule has 1 saturated heterocycles. The van der Waals surface area contributed by atoms with Gasteiger partial charge in [-0.05, 0) is 43.9 Å². The Morgan fingerprint density at radius 2 is 1.85 bits per heavy atom. The van der Waals surface area contributed by atoms with E-state index in [-0.39, 0.29) is 0 Å². The molecule has 0 atom stereocenters. The van der Waals surface area contributed by atoms with Crippen LogP contribution in [0.3, 0.4) is 0 Å². The molecule has 1 aliphatic rings. The van der Waals surface area contributed by atoms with Gasteiger partial charge in [0.15, 0.2) is 5.96 Å². The fourth-order valence-electron chi connectivity index (χ4n) is 3.34. The fraction of sp³-hybridized carbons (Fsp3) is 0.667. The number of methoxy groups -OCH3 is 1. The highest BCUT2D eigenvalue weighted by molar-refractivity contribution is 5.80. The van der Waals surface area contributed by atoms with Gasteiger partial charge < -0.3 is 24.6 Å². The summed E-state index contributed by atoms with van der Waals surface area (Å²) in [6.45, 7) is 11.5. The normalized spacial score (nSPS) is 15.3. The molecule has 1 aliphatic heterocycles. The number of anilines is 1. The molecule has 6 nitrogen and oxygen atoms in total. The Bertz CT molecular complexity index is 584. The summed E-state index contributed by atoms with van der Waals surface area (Å²) in [7, 11) is 3.56. The van der Waals surface area contributed by atoms with Gasteiger partial charge >= 0.3 is 0 Å². The molecule has 27 heavy (non-hydrogen) atoms. The van der Waals surface area contributed by atoms with E-state index in [4.69, 9.17) is 9.47 Å². The summed E-state index contributed by atoms with van der Waals surface area (Å²) < 4.78 is 10.5. The molecule has 1 aromatic rings. The van der Waals surface area contributed by atoms with Gasteiger partial charge in [0.05, 0.1) is 13.2 Å². The lowest BCUT2D eigenvalue weighted by molar-refractivity contribution is 0.0689. The smallest absolute Gasteiger partial charge is 0.193 e. The second-order valence-electron chi connectivity index (χ2n) is 6.98. The Hall–Kier alpha value is -1.79. The van der Waals surface area contributed by atoms with Crippen molar-refractivity contribution in [2.75, 3.05) is 71.6 Å². The first-order valence-corrected chi connectivity index (χ1v) is 10.0. The second-order valence-corrected chi connectivity index (χ2v) is 6.98. The monoisotopic (exact) mass is 376 g/mol. The van der Waals surface area contributed by atoms with Crippen molar-refractivity contribution in [2.24, 2.45) is 4.99 Å². The van der Waals surface area contributed by atoms with Crippen LogP contribution < -0.4 is 10.2 Å². The van der Waals surface area contributed by atoms with Crippen molar-refractivity contribution in [3.63, 3.8) is 0 Å². The number of guanidine groups is 1. The molecule has 0 aromatic heterocycles. The number of hydrogen-bond donors (Lipinski definition) is 1. The lowest BCUT2D eigenvalue weighted by Gasteiger charge is -2.38. The van der Waals surface area contributed by atoms with E-state index in [0.717, 1.165) is 58.1 Å². The van der Waals surface area contributed by atoms with Crippen molar-refractivity contribution in [1.82, 2.24) is 10.2 Å². The highest BCUT2D eigenvalue weighted by atomic mass is 16.5. The average molecular weight is 377 g/mol. The quantitative estimate of drug-likeness (QED) is 0.408. The van der Waals surface area contributed by atoms with Crippen LogP contribution in [0.2, 0.25) is 0 Å². The first-order valence-electron chi connectivity index (χ1n) is 10.0. The third kappa shape index (κ3) is 6.70. The molecular weight excluding hydrogens is 340 g/mol. The van der Waals surface area contributed by atoms with Crippen LogP contribution in [0.15, 0.2) is 23.2 Å². The van der Waals surface area contributed by atoms with Crippen molar-refractivity contribution in [3.05, 3.63) is 29.3 Å². The number of ether oxygens (including phenoxy) is 2. The van der Waals surface area contributed by atoms with Gasteiger partial charge in [-0.15, -0.1) is 0 Å². The van der Waals surface area contributed by atoms with Crippen LogP contribution in [0, 0.1) is 13.8 Å². The van der Waals surface area contributed by atoms with Gasteiger partial charge in [0.25, 0.3) is 0 Å². The van der Waals surface area contributed by atoms with Crippen molar-refractivity contribution >= 4 is 11.6 Å². The first kappa shape index (κ1) is 21.5. The van der Waals surface area contributed by atoms with Gasteiger partial charge in [-0.2, -0.15) is 0 Å². The van der Waals surface area contributed by atoms with Crippen LogP contribution >= 0.6 is 0 Å². The van der Waals surface area contributed by atoms with Crippen molar-refractivity contribution in [3.8, 4) is 0 Å². The van der Waals surface area contributed by atoms with E-state index in [9.17, 15) is 0 Å². The van der Waals surface area contributed by atoms with E-state index in [0.29, 0.717) is 13.2 Å². The zero-order valence-corrected chi connectivity index (χ0v) is 17.5. The molecule has 0 spiro atoms. The molecule has 0 radical (unpaired) electrons. The van der Waals surface area contributed by atoms with Crippen molar-refractivity contribution in [2.45, 2.75) is 26.7 Å². The summed E-state index contributed by atoms with van der Waals surface area (Å²) in [5.74, 6) is 1.01. The molecule has 1 fully saturated rings. The SMILES string of the molecule is CN=C(NCCCCOCCOC)N1CCN(c2cccc(C)c2C)CC1. The van der Waals surface area contributed by atoms with Crippen LogP contribution in [0.5, 0.6) is 0 Å². The fourth-order valence-corrected chi connectivity index (χ4v) is 3.34. The number of aliphatic imine (C=N–C) groups is 1. The molecule has 2 rings (SSSR count). The Morgan fingerprint density at radius 1 is 1.07 bits per heavy atom. The summed E-state index contributed by atoms with van der Waals surface area (Å²) in [5, 5.41) is 3.49. The highest BCUT2D eigenvalue weighted by Crippen LogP contribution is 2.23. The van der Waals surface area contributed by atoms with Crippen LogP contribution in [0.25, 0.3) is 0 Å². The molecule has 0 bridgehead atoms. The predicted molar refractivity (Wildman–Crippen MR) is 113 cm³/mol. The summed E-state index contributed by atoms with van der Waals surface area (Å²) in [6, 6.07) is 6.58. The number of rotatable bonds is 9. The van der Waals surface area contributed by atoms with Crippen LogP contribution in [-0.2, 0) is 9.47 Å². The van der Waals surface area contributed by atoms with Gasteiger partial charge in [0.1, 0.15) is 0 Å². The van der Waals surface area contributed by atoms with Crippen LogP contribution in [0.4, 0.5) is 5.69 Å². The predicted octanol–water partition coefficient (Wildman–Crippen LogP) is 2.44. The van der Waals surface area contributed by atoms with Crippen LogP contribution in [-0.4, -0.2) is 77.6 Å². The Labute approximate surface area is 164 Å². The number of piperazine rings is 1. The minimum Gasteiger partial charge on any atom is -0.382 e. The topological polar surface area (TPSA) is 49.3 Å². The Balaban J connectivity index is 1.70. The maximum absolute atomic E-state index is 5.50. The standard InChI is InChI=1S/C21H36N4O2/c1-18-8-7-9-20(19(18)2)24-11-13-25(14-12-24)21(22-3)23-10-5-6-15-27-17-16-26-4/h7-9H,5-6,10-17H2,1-4H3,(H,22,23). The molecule has 0 aliphatic carbocycles. The zero-order chi connectivity index (χ0) is 19.5. The Morgan fingerprint density at radius 3 is 2.56 bits per heavy atom. The van der Waals surface area contributed by atoms with Gasteiger partial charge in [-0.1, -0.05) is 12.1 Å². The number of nitrogens with one attached hydrogen (secondary N) is 1. The number of nitrogens with zero attached hydrogens (tertiary/aromatic N) is 3. The molecule has 1 aromatic carbocycles. The van der Waals surface area contributed by atoms with Gasteiger partial charge in [-0.3, -0.25) is 4.99 Å². The third-order valence-corrected chi connectivity index (χ3v) is 5.14. The van der Waals surface area contributed by atoms with Crippen molar-refractivity contribution < 1.29 is 9.47 Å². The zero-order valence-electron chi connectivity index (χ0n) is 17.5. The Kier molecular flexibility index (Phi) is 9.42. The number of benzene rings is 1. The molecular formula is C21H36N4O2. The number of unbranched alkanes of at least 4 members (excludes halogenated alkanes) is 1. The molecule has 0 unspecified atom stereocenters. The summed E-state index contributed by atoms with van der Waals surface area (Å²) in [4.78, 5) is 9.31. The summed E-state index contributed by atoms with van der Waals surface area (Å²) >= 11 is 0. The summed E-state index contributed by atoms with van der Waals surface area (Å²) in [6.07, 6.45) is 2.13. The molecule has 0 amide bonds. The number of aryl methyl sites for hydroxylation is 1. The number of hydrogen-bond acceptors (Lipinski definition) is 4. The van der Waals surface area contributed by atoms with Gasteiger partial charge in [0.2, 0.25) is 0 Å². The molecule has 0 saturated carbocycles. The second kappa shape index (κ2) is 11.8. The minimum atomic E-state index is 0.666. The molecule has 1 N–H and O–H groups in total. The average Bonchev–Trinajstić information content (AvgIpc) is 2.69. The molecule has 1 heterocycles. The minimum absolute atomic E-state index is 0.666. The molecule has 152 valence electrons. The van der Waals surface area contributed by atoms with Gasteiger partial charge in [-0.25, -0.2) is 0 Å². The van der Waals surface area contributed by atoms with E-state index in [1.807, 2.05) is 7.05 Å². The van der Waals surface area contributed by atoms with E-state index in [1.165, 1.54) is 16.8 Å². The lowest BCUT2D eigenvalue weighted by Crippen LogP contribution is -2.52. The maximum atomic E-state index is 5.50. The summed E-state index contributed by atoms with van der Waals surface area (Å²) in [5.41, 5.74) is 4.12. The van der Waals surface area contributed by atoms with E-state index < -0.39 is 0 Å². The van der Waals surface area contributed by atoms with E-state index >= 15 is 0 Å². The maximum Gasteiger partial charge on any atom is 0.193 e. The van der Waals surface area contributed by atoms with E-state index in [2.05, 4.69) is 52.2 Å². The molecule has 6 heteroatoms. The van der Waals surface area contributed by atoms with Gasteiger partial charge in [0, 0.05) is 59.2 Å². The lowest BCUT2D eigenvalue weighted by atomic mass is 10.1. The van der Waals surface area contributed by atoms with Crippen molar-refractivity contribution in [1.29, 1.82) is 0 Å². The first-order chi connectivity index (χ1) is 13.2. The highest BCUT2D eigenvalue weighted by Gasteiger charge is 2.20. The van der Waals surface area contributed by atoms with Crippen LogP contribution in [0.1, 0.15) is 24.0 Å².